The molecule has 4 aromatic rings. The Bertz CT molecular complexity index is 1250. The van der Waals surface area contributed by atoms with Crippen molar-refractivity contribution >= 4 is 5.91 Å². The van der Waals surface area contributed by atoms with Gasteiger partial charge in [-0.2, -0.15) is 5.10 Å². The van der Waals surface area contributed by atoms with E-state index in [-0.39, 0.29) is 17.8 Å². The summed E-state index contributed by atoms with van der Waals surface area (Å²) in [7, 11) is 0. The lowest BCUT2D eigenvalue weighted by atomic mass is 9.95. The van der Waals surface area contributed by atoms with E-state index in [9.17, 15) is 9.18 Å². The van der Waals surface area contributed by atoms with Crippen LogP contribution in [0, 0.1) is 5.82 Å². The maximum absolute atomic E-state index is 13.5. The molecule has 0 saturated heterocycles. The van der Waals surface area contributed by atoms with Crippen LogP contribution >= 0.6 is 0 Å². The first-order chi connectivity index (χ1) is 15.7. The highest BCUT2D eigenvalue weighted by Crippen LogP contribution is 2.44. The average molecular weight is 427 g/mol. The molecule has 0 radical (unpaired) electrons. The Kier molecular flexibility index (Phi) is 5.19. The monoisotopic (exact) mass is 427 g/mol. The summed E-state index contributed by atoms with van der Waals surface area (Å²) >= 11 is 0. The number of nitrogens with one attached hydrogen (secondary N) is 1. The number of H-pyrrole nitrogens is 1. The lowest BCUT2D eigenvalue weighted by Crippen LogP contribution is -2.29. The van der Waals surface area contributed by atoms with Gasteiger partial charge < -0.3 is 9.64 Å². The standard InChI is InChI=1S/C26H22FN3O2/c1-2-32-21-10-6-9-19(15-21)25-22-23(18-7-4-3-5-8-18)28-29-24(22)26(31)30(25)16-17-11-13-20(27)14-12-17/h3-15,25H,2,16H2,1H3,(H,28,29). The Labute approximate surface area is 185 Å². The summed E-state index contributed by atoms with van der Waals surface area (Å²) in [4.78, 5) is 15.3. The molecule has 5 rings (SSSR count). The zero-order valence-corrected chi connectivity index (χ0v) is 17.6. The van der Waals surface area contributed by atoms with Gasteiger partial charge in [-0.25, -0.2) is 4.39 Å². The van der Waals surface area contributed by atoms with Gasteiger partial charge >= 0.3 is 0 Å². The second-order valence-corrected chi connectivity index (χ2v) is 7.69. The van der Waals surface area contributed by atoms with Crippen LogP contribution in [0.15, 0.2) is 78.9 Å². The fourth-order valence-electron chi connectivity index (χ4n) is 4.25. The van der Waals surface area contributed by atoms with E-state index < -0.39 is 0 Å². The Balaban J connectivity index is 1.63. The van der Waals surface area contributed by atoms with Crippen LogP contribution in [0.2, 0.25) is 0 Å². The van der Waals surface area contributed by atoms with E-state index in [2.05, 4.69) is 10.2 Å². The van der Waals surface area contributed by atoms with Crippen molar-refractivity contribution in [3.63, 3.8) is 0 Å². The fraction of sp³-hybridized carbons (Fsp3) is 0.154. The second-order valence-electron chi connectivity index (χ2n) is 7.69. The molecule has 0 aliphatic carbocycles. The van der Waals surface area contributed by atoms with Crippen molar-refractivity contribution in [2.45, 2.75) is 19.5 Å². The van der Waals surface area contributed by atoms with Gasteiger partial charge in [-0.05, 0) is 42.3 Å². The van der Waals surface area contributed by atoms with Gasteiger partial charge in [0.1, 0.15) is 17.3 Å². The van der Waals surface area contributed by atoms with Gasteiger partial charge in [-0.3, -0.25) is 9.89 Å². The minimum Gasteiger partial charge on any atom is -0.494 e. The lowest BCUT2D eigenvalue weighted by molar-refractivity contribution is 0.0730. The molecule has 160 valence electrons. The SMILES string of the molecule is CCOc1cccc(C2c3c(-c4ccccc4)n[nH]c3C(=O)N2Cc2ccc(F)cc2)c1. The molecule has 0 spiro atoms. The molecule has 0 fully saturated rings. The first kappa shape index (κ1) is 20.0. The van der Waals surface area contributed by atoms with E-state index in [0.29, 0.717) is 18.8 Å². The van der Waals surface area contributed by atoms with Crippen molar-refractivity contribution in [3.8, 4) is 17.0 Å². The molecule has 1 aromatic heterocycles. The smallest absolute Gasteiger partial charge is 0.273 e. The Hall–Kier alpha value is -3.93. The van der Waals surface area contributed by atoms with Gasteiger partial charge in [-0.15, -0.1) is 0 Å². The Morgan fingerprint density at radius 2 is 1.81 bits per heavy atom. The molecule has 0 saturated carbocycles. The average Bonchev–Trinajstić information content (AvgIpc) is 3.36. The van der Waals surface area contributed by atoms with Gasteiger partial charge in [0.2, 0.25) is 0 Å². The third-order valence-electron chi connectivity index (χ3n) is 5.66. The number of fused-ring (bicyclic) bond motifs is 1. The topological polar surface area (TPSA) is 58.2 Å². The quantitative estimate of drug-likeness (QED) is 0.451. The van der Waals surface area contributed by atoms with Crippen molar-refractivity contribution in [2.75, 3.05) is 6.61 Å². The zero-order valence-electron chi connectivity index (χ0n) is 17.6. The van der Waals surface area contributed by atoms with Gasteiger partial charge in [0.25, 0.3) is 5.91 Å². The van der Waals surface area contributed by atoms with Gasteiger partial charge in [0.15, 0.2) is 0 Å². The Morgan fingerprint density at radius 1 is 1.03 bits per heavy atom. The molecule has 1 amide bonds. The highest BCUT2D eigenvalue weighted by atomic mass is 19.1. The maximum atomic E-state index is 13.5. The first-order valence-corrected chi connectivity index (χ1v) is 10.6. The number of benzene rings is 3. The summed E-state index contributed by atoms with van der Waals surface area (Å²) in [6, 6.07) is 23.5. The molecule has 32 heavy (non-hydrogen) atoms. The van der Waals surface area contributed by atoms with E-state index in [1.165, 1.54) is 12.1 Å². The van der Waals surface area contributed by atoms with Crippen molar-refractivity contribution in [3.05, 3.63) is 107 Å². The summed E-state index contributed by atoms with van der Waals surface area (Å²) in [5.41, 5.74) is 4.80. The number of carbonyl (C=O) groups excluding carboxylic acids is 1. The molecular formula is C26H22FN3O2. The van der Waals surface area contributed by atoms with Crippen molar-refractivity contribution in [1.29, 1.82) is 0 Å². The van der Waals surface area contributed by atoms with Crippen molar-refractivity contribution in [1.82, 2.24) is 15.1 Å². The number of rotatable bonds is 6. The molecule has 1 N–H and O–H groups in total. The minimum atomic E-state index is -0.350. The highest BCUT2D eigenvalue weighted by molar-refractivity contribution is 6.00. The summed E-state index contributed by atoms with van der Waals surface area (Å²) in [5, 5.41) is 7.46. The van der Waals surface area contributed by atoms with Crippen LogP contribution in [-0.2, 0) is 6.54 Å². The van der Waals surface area contributed by atoms with E-state index in [1.807, 2.05) is 61.5 Å². The van der Waals surface area contributed by atoms with E-state index >= 15 is 0 Å². The van der Waals surface area contributed by atoms with E-state index in [1.54, 1.807) is 17.0 Å². The molecule has 1 aliphatic heterocycles. The predicted molar refractivity (Wildman–Crippen MR) is 120 cm³/mol. The first-order valence-electron chi connectivity index (χ1n) is 10.6. The molecule has 0 bridgehead atoms. The van der Waals surface area contributed by atoms with Crippen LogP contribution in [0.5, 0.6) is 5.75 Å². The van der Waals surface area contributed by atoms with Crippen molar-refractivity contribution < 1.29 is 13.9 Å². The lowest BCUT2D eigenvalue weighted by Gasteiger charge is -2.27. The molecule has 1 unspecified atom stereocenters. The number of aromatic nitrogens is 2. The fourth-order valence-corrected chi connectivity index (χ4v) is 4.25. The van der Waals surface area contributed by atoms with E-state index in [4.69, 9.17) is 4.74 Å². The highest BCUT2D eigenvalue weighted by Gasteiger charge is 2.42. The number of nitrogens with zero attached hydrogens (tertiary/aromatic N) is 2. The summed E-state index contributed by atoms with van der Waals surface area (Å²) < 4.78 is 19.1. The number of hydrogen-bond acceptors (Lipinski definition) is 3. The largest absolute Gasteiger partial charge is 0.494 e. The summed E-state index contributed by atoms with van der Waals surface area (Å²) in [5.74, 6) is 0.312. The summed E-state index contributed by atoms with van der Waals surface area (Å²) in [6.07, 6.45) is 0. The number of aromatic amines is 1. The maximum Gasteiger partial charge on any atom is 0.273 e. The summed E-state index contributed by atoms with van der Waals surface area (Å²) in [6.45, 7) is 2.84. The number of amides is 1. The molecule has 3 aromatic carbocycles. The zero-order chi connectivity index (χ0) is 22.1. The normalized spacial score (nSPS) is 15.1. The molecule has 1 aliphatic rings. The third kappa shape index (κ3) is 3.54. The third-order valence-corrected chi connectivity index (χ3v) is 5.66. The number of carbonyl (C=O) groups is 1. The van der Waals surface area contributed by atoms with Gasteiger partial charge in [-0.1, -0.05) is 54.6 Å². The number of halogens is 1. The van der Waals surface area contributed by atoms with Crippen LogP contribution in [0.3, 0.4) is 0 Å². The van der Waals surface area contributed by atoms with Crippen molar-refractivity contribution in [2.24, 2.45) is 0 Å². The molecule has 5 nitrogen and oxygen atoms in total. The Morgan fingerprint density at radius 3 is 2.56 bits per heavy atom. The van der Waals surface area contributed by atoms with Crippen LogP contribution in [0.25, 0.3) is 11.3 Å². The van der Waals surface area contributed by atoms with E-state index in [0.717, 1.165) is 33.7 Å². The van der Waals surface area contributed by atoms with Crippen LogP contribution in [0.4, 0.5) is 4.39 Å². The number of hydrogen-bond donors (Lipinski definition) is 1. The van der Waals surface area contributed by atoms with Gasteiger partial charge in [0.05, 0.1) is 18.3 Å². The molecule has 2 heterocycles. The van der Waals surface area contributed by atoms with Crippen LogP contribution < -0.4 is 4.74 Å². The van der Waals surface area contributed by atoms with Gasteiger partial charge in [0, 0.05) is 17.7 Å². The second kappa shape index (κ2) is 8.30. The number of ether oxygens (including phenoxy) is 1. The van der Waals surface area contributed by atoms with Crippen LogP contribution in [0.1, 0.15) is 40.1 Å². The molecular weight excluding hydrogens is 405 g/mol. The minimum absolute atomic E-state index is 0.134. The molecule has 6 heteroatoms. The predicted octanol–water partition coefficient (Wildman–Crippen LogP) is 5.36. The molecule has 1 atom stereocenters. The van der Waals surface area contributed by atoms with Crippen LogP contribution in [-0.4, -0.2) is 27.6 Å².